The second-order valence-electron chi connectivity index (χ2n) is 5.36. The quantitative estimate of drug-likeness (QED) is 0.810. The predicted octanol–water partition coefficient (Wildman–Crippen LogP) is 2.28. The van der Waals surface area contributed by atoms with Crippen LogP contribution in [0.5, 0.6) is 11.5 Å². The van der Waals surface area contributed by atoms with Gasteiger partial charge in [-0.1, -0.05) is 6.07 Å². The number of rotatable bonds is 5. The van der Waals surface area contributed by atoms with Crippen LogP contribution < -0.4 is 14.4 Å². The molecule has 0 aliphatic carbocycles. The van der Waals surface area contributed by atoms with Gasteiger partial charge in [0.25, 0.3) is 10.0 Å². The van der Waals surface area contributed by atoms with Crippen LogP contribution in [0.15, 0.2) is 39.9 Å². The molecule has 6 nitrogen and oxygen atoms in total. The number of nitrogens with zero attached hydrogens (tertiary/aromatic N) is 2. The Morgan fingerprint density at radius 3 is 2.38 bits per heavy atom. The molecule has 1 saturated heterocycles. The van der Waals surface area contributed by atoms with Gasteiger partial charge in [-0.2, -0.15) is 4.31 Å². The van der Waals surface area contributed by atoms with E-state index in [1.165, 1.54) is 11.3 Å². The van der Waals surface area contributed by atoms with E-state index in [4.69, 9.17) is 9.47 Å². The Hall–Kier alpha value is -1.77. The van der Waals surface area contributed by atoms with Gasteiger partial charge in [-0.15, -0.1) is 11.3 Å². The van der Waals surface area contributed by atoms with Crippen LogP contribution in [0.4, 0.5) is 5.69 Å². The van der Waals surface area contributed by atoms with Gasteiger partial charge in [0, 0.05) is 32.2 Å². The maximum atomic E-state index is 12.6. The summed E-state index contributed by atoms with van der Waals surface area (Å²) in [6.45, 7) is 2.10. The number of methoxy groups -OCH3 is 2. The summed E-state index contributed by atoms with van der Waals surface area (Å²) < 4.78 is 37.8. The van der Waals surface area contributed by atoms with Crippen LogP contribution in [0.25, 0.3) is 0 Å². The van der Waals surface area contributed by atoms with Crippen molar-refractivity contribution in [3.8, 4) is 11.5 Å². The molecule has 0 radical (unpaired) electrons. The molecule has 3 rings (SSSR count). The highest BCUT2D eigenvalue weighted by atomic mass is 32.2. The molecule has 0 unspecified atom stereocenters. The molecule has 2 aromatic rings. The number of anilines is 1. The third-order valence-electron chi connectivity index (χ3n) is 4.05. The standard InChI is InChI=1S/C16H20N2O4S2/c1-21-13-5-6-15(22-2)14(12-13)17-7-9-18(10-8-17)24(19,20)16-4-3-11-23-16/h3-6,11-12H,7-10H2,1-2H3. The first-order valence-corrected chi connectivity index (χ1v) is 9.89. The second kappa shape index (κ2) is 7.00. The van der Waals surface area contributed by atoms with Crippen LogP contribution in [0, 0.1) is 0 Å². The van der Waals surface area contributed by atoms with Crippen LogP contribution in [-0.2, 0) is 10.0 Å². The van der Waals surface area contributed by atoms with E-state index in [0.29, 0.717) is 30.4 Å². The minimum absolute atomic E-state index is 0.398. The first kappa shape index (κ1) is 17.1. The lowest BCUT2D eigenvalue weighted by atomic mass is 10.2. The van der Waals surface area contributed by atoms with Crippen molar-refractivity contribution in [2.75, 3.05) is 45.3 Å². The Labute approximate surface area is 146 Å². The fraction of sp³-hybridized carbons (Fsp3) is 0.375. The molecule has 8 heteroatoms. The van der Waals surface area contributed by atoms with E-state index in [-0.39, 0.29) is 0 Å². The zero-order valence-corrected chi connectivity index (χ0v) is 15.3. The van der Waals surface area contributed by atoms with Gasteiger partial charge in [0.2, 0.25) is 0 Å². The fourth-order valence-corrected chi connectivity index (χ4v) is 5.32. The molecule has 0 saturated carbocycles. The molecule has 1 aromatic carbocycles. The largest absolute Gasteiger partial charge is 0.497 e. The molecule has 1 aliphatic heterocycles. The summed E-state index contributed by atoms with van der Waals surface area (Å²) >= 11 is 1.25. The number of thiophene rings is 1. The summed E-state index contributed by atoms with van der Waals surface area (Å²) in [5.74, 6) is 1.50. The molecule has 2 heterocycles. The average molecular weight is 368 g/mol. The Kier molecular flexibility index (Phi) is 4.98. The third-order valence-corrected chi connectivity index (χ3v) is 7.33. The van der Waals surface area contributed by atoms with Crippen LogP contribution in [0.2, 0.25) is 0 Å². The number of hydrogen-bond donors (Lipinski definition) is 0. The van der Waals surface area contributed by atoms with Crippen LogP contribution >= 0.6 is 11.3 Å². The second-order valence-corrected chi connectivity index (χ2v) is 8.47. The average Bonchev–Trinajstić information content (AvgIpc) is 3.17. The summed E-state index contributed by atoms with van der Waals surface area (Å²) in [6.07, 6.45) is 0. The van der Waals surface area contributed by atoms with Crippen molar-refractivity contribution < 1.29 is 17.9 Å². The SMILES string of the molecule is COc1ccc(OC)c(N2CCN(S(=O)(=O)c3cccs3)CC2)c1. The molecule has 0 amide bonds. The highest BCUT2D eigenvalue weighted by Crippen LogP contribution is 2.33. The van der Waals surface area contributed by atoms with E-state index in [9.17, 15) is 8.42 Å². The minimum Gasteiger partial charge on any atom is -0.497 e. The van der Waals surface area contributed by atoms with Crippen molar-refractivity contribution in [3.63, 3.8) is 0 Å². The minimum atomic E-state index is -3.38. The zero-order valence-electron chi connectivity index (χ0n) is 13.6. The molecule has 1 aromatic heterocycles. The molecule has 0 N–H and O–H groups in total. The number of hydrogen-bond acceptors (Lipinski definition) is 6. The number of sulfonamides is 1. The van der Waals surface area contributed by atoms with Crippen molar-refractivity contribution in [2.45, 2.75) is 4.21 Å². The van der Waals surface area contributed by atoms with Crippen molar-refractivity contribution in [3.05, 3.63) is 35.7 Å². The number of benzene rings is 1. The summed E-state index contributed by atoms with van der Waals surface area (Å²) in [5, 5.41) is 1.78. The van der Waals surface area contributed by atoms with Gasteiger partial charge in [-0.3, -0.25) is 0 Å². The van der Waals surface area contributed by atoms with E-state index in [2.05, 4.69) is 4.90 Å². The predicted molar refractivity (Wildman–Crippen MR) is 94.8 cm³/mol. The van der Waals surface area contributed by atoms with Gasteiger partial charge < -0.3 is 14.4 Å². The van der Waals surface area contributed by atoms with Gasteiger partial charge in [-0.25, -0.2) is 8.42 Å². The summed E-state index contributed by atoms with van der Waals surface area (Å²) in [5.41, 5.74) is 0.921. The molecule has 0 spiro atoms. The van der Waals surface area contributed by atoms with Gasteiger partial charge in [-0.05, 0) is 23.6 Å². The molecule has 24 heavy (non-hydrogen) atoms. The monoisotopic (exact) mass is 368 g/mol. The zero-order chi connectivity index (χ0) is 17.2. The molecular formula is C16H20N2O4S2. The van der Waals surface area contributed by atoms with E-state index in [1.807, 2.05) is 18.2 Å². The highest BCUT2D eigenvalue weighted by Gasteiger charge is 2.30. The molecule has 1 fully saturated rings. The first-order chi connectivity index (χ1) is 11.6. The summed E-state index contributed by atoms with van der Waals surface area (Å²) in [6, 6.07) is 9.04. The lowest BCUT2D eigenvalue weighted by Crippen LogP contribution is -2.48. The van der Waals surface area contributed by atoms with Gasteiger partial charge in [0.1, 0.15) is 15.7 Å². The first-order valence-electron chi connectivity index (χ1n) is 7.57. The Morgan fingerprint density at radius 1 is 1.04 bits per heavy atom. The smallest absolute Gasteiger partial charge is 0.252 e. The van der Waals surface area contributed by atoms with Crippen LogP contribution in [-0.4, -0.2) is 53.1 Å². The topological polar surface area (TPSA) is 59.1 Å². The van der Waals surface area contributed by atoms with E-state index in [0.717, 1.165) is 17.2 Å². The Balaban J connectivity index is 1.76. The maximum Gasteiger partial charge on any atom is 0.252 e. The Bertz CT molecular complexity index is 782. The van der Waals surface area contributed by atoms with E-state index >= 15 is 0 Å². The van der Waals surface area contributed by atoms with Crippen molar-refractivity contribution in [2.24, 2.45) is 0 Å². The van der Waals surface area contributed by atoms with Crippen LogP contribution in [0.1, 0.15) is 0 Å². The van der Waals surface area contributed by atoms with Crippen molar-refractivity contribution in [1.82, 2.24) is 4.31 Å². The van der Waals surface area contributed by atoms with Crippen LogP contribution in [0.3, 0.4) is 0 Å². The highest BCUT2D eigenvalue weighted by molar-refractivity contribution is 7.91. The van der Waals surface area contributed by atoms with Gasteiger partial charge in [0.05, 0.1) is 19.9 Å². The van der Waals surface area contributed by atoms with Crippen molar-refractivity contribution >= 4 is 27.0 Å². The molecule has 130 valence electrons. The van der Waals surface area contributed by atoms with Gasteiger partial charge >= 0.3 is 0 Å². The molecule has 0 bridgehead atoms. The number of piperazine rings is 1. The Morgan fingerprint density at radius 2 is 1.79 bits per heavy atom. The maximum absolute atomic E-state index is 12.6. The normalized spacial score (nSPS) is 16.2. The number of ether oxygens (including phenoxy) is 2. The molecule has 0 atom stereocenters. The summed E-state index contributed by atoms with van der Waals surface area (Å²) in [4.78, 5) is 2.13. The lowest BCUT2D eigenvalue weighted by molar-refractivity contribution is 0.377. The fourth-order valence-electron chi connectivity index (χ4n) is 2.75. The molecule has 1 aliphatic rings. The summed E-state index contributed by atoms with van der Waals surface area (Å²) in [7, 11) is -0.134. The third kappa shape index (κ3) is 3.22. The molecular weight excluding hydrogens is 348 g/mol. The van der Waals surface area contributed by atoms with E-state index in [1.54, 1.807) is 36.0 Å². The lowest BCUT2D eigenvalue weighted by Gasteiger charge is -2.35. The van der Waals surface area contributed by atoms with E-state index < -0.39 is 10.0 Å². The van der Waals surface area contributed by atoms with Gasteiger partial charge in [0.15, 0.2) is 0 Å². The van der Waals surface area contributed by atoms with Crippen molar-refractivity contribution in [1.29, 1.82) is 0 Å².